The van der Waals surface area contributed by atoms with Gasteiger partial charge in [0, 0.05) is 10.8 Å². The first-order chi connectivity index (χ1) is 4.45. The summed E-state index contributed by atoms with van der Waals surface area (Å²) in [5.41, 5.74) is 0. The molecule has 0 saturated heterocycles. The predicted octanol–water partition coefficient (Wildman–Crippen LogP) is 3.07. The Balaban J connectivity index is 3.46. The Morgan fingerprint density at radius 1 is 1.60 bits per heavy atom. The summed E-state index contributed by atoms with van der Waals surface area (Å²) in [5, 5.41) is -0.588. The number of carbonyl (C=O) groups excluding carboxylic acids is 1. The Hall–Kier alpha value is 1.04. The van der Waals surface area contributed by atoms with Crippen LogP contribution in [0.25, 0.3) is 0 Å². The van der Waals surface area contributed by atoms with Crippen molar-refractivity contribution in [3.63, 3.8) is 0 Å². The third-order valence-electron chi connectivity index (χ3n) is 0.428. The van der Waals surface area contributed by atoms with Crippen molar-refractivity contribution in [2.24, 2.45) is 0 Å². The molecular weight excluding hydrogens is 239 g/mol. The summed E-state index contributed by atoms with van der Waals surface area (Å²) in [6.07, 6.45) is 0. The van der Waals surface area contributed by atoms with Gasteiger partial charge in [-0.25, -0.2) is 4.79 Å². The van der Waals surface area contributed by atoms with Crippen LogP contribution in [0.5, 0.6) is 0 Å². The molecule has 0 aromatic carbocycles. The van der Waals surface area contributed by atoms with Gasteiger partial charge in [-0.1, -0.05) is 46.5 Å². The van der Waals surface area contributed by atoms with Crippen LogP contribution in [0, 0.1) is 0 Å². The molecule has 10 heavy (non-hydrogen) atoms. The first-order valence-electron chi connectivity index (χ1n) is 2.00. The SMILES string of the molecule is O=C(OCC(Cl)(Cl)Cl)SS. The highest BCUT2D eigenvalue weighted by Gasteiger charge is 2.21. The molecule has 0 atom stereocenters. The second kappa shape index (κ2) is 4.83. The van der Waals surface area contributed by atoms with E-state index in [1.54, 1.807) is 0 Å². The van der Waals surface area contributed by atoms with Gasteiger partial charge in [-0.05, 0) is 0 Å². The Morgan fingerprint density at radius 2 is 2.10 bits per heavy atom. The fourth-order valence-corrected chi connectivity index (χ4v) is 0.601. The highest BCUT2D eigenvalue weighted by Crippen LogP contribution is 2.26. The molecule has 60 valence electrons. The van der Waals surface area contributed by atoms with Gasteiger partial charge < -0.3 is 4.74 Å². The van der Waals surface area contributed by atoms with Gasteiger partial charge in [0.05, 0.1) is 0 Å². The third kappa shape index (κ3) is 7.15. The zero-order valence-corrected chi connectivity index (χ0v) is 8.49. The molecule has 0 rings (SSSR count). The van der Waals surface area contributed by atoms with E-state index in [-0.39, 0.29) is 6.61 Å². The van der Waals surface area contributed by atoms with Gasteiger partial charge in [0.15, 0.2) is 0 Å². The number of thiol groups is 1. The molecule has 0 amide bonds. The van der Waals surface area contributed by atoms with Crippen molar-refractivity contribution in [1.29, 1.82) is 0 Å². The quantitative estimate of drug-likeness (QED) is 0.331. The molecule has 0 bridgehead atoms. The molecule has 0 aliphatic carbocycles. The van der Waals surface area contributed by atoms with E-state index in [0.717, 1.165) is 0 Å². The lowest BCUT2D eigenvalue weighted by Crippen LogP contribution is -2.14. The van der Waals surface area contributed by atoms with Crippen molar-refractivity contribution in [2.75, 3.05) is 6.61 Å². The van der Waals surface area contributed by atoms with Crippen LogP contribution in [-0.2, 0) is 4.74 Å². The number of hydrogen-bond acceptors (Lipinski definition) is 4. The highest BCUT2D eigenvalue weighted by atomic mass is 35.6. The Labute approximate surface area is 82.3 Å². The van der Waals surface area contributed by atoms with Crippen molar-refractivity contribution in [1.82, 2.24) is 0 Å². The molecular formula is C3H3Cl3O2S2. The average molecular weight is 242 g/mol. The van der Waals surface area contributed by atoms with E-state index < -0.39 is 9.09 Å². The van der Waals surface area contributed by atoms with Crippen molar-refractivity contribution in [3.05, 3.63) is 0 Å². The molecule has 0 saturated carbocycles. The molecule has 0 aliphatic rings. The van der Waals surface area contributed by atoms with Crippen LogP contribution >= 0.6 is 57.3 Å². The maximum Gasteiger partial charge on any atom is 0.377 e. The first kappa shape index (κ1) is 11.0. The van der Waals surface area contributed by atoms with Crippen molar-refractivity contribution >= 4 is 62.6 Å². The van der Waals surface area contributed by atoms with Crippen molar-refractivity contribution < 1.29 is 9.53 Å². The van der Waals surface area contributed by atoms with Gasteiger partial charge in [0.25, 0.3) is 0 Å². The van der Waals surface area contributed by atoms with Crippen LogP contribution in [0.1, 0.15) is 0 Å². The summed E-state index contributed by atoms with van der Waals surface area (Å²) in [6.45, 7) is -0.260. The number of rotatable bonds is 1. The lowest BCUT2D eigenvalue weighted by Gasteiger charge is -2.09. The van der Waals surface area contributed by atoms with Gasteiger partial charge in [-0.2, -0.15) is 0 Å². The highest BCUT2D eigenvalue weighted by molar-refractivity contribution is 8.74. The molecule has 0 unspecified atom stereocenters. The Bertz CT molecular complexity index is 123. The molecule has 0 spiro atoms. The Kier molecular flexibility index (Phi) is 5.33. The molecule has 0 fully saturated rings. The molecule has 0 aliphatic heterocycles. The van der Waals surface area contributed by atoms with Crippen LogP contribution in [-0.4, -0.2) is 15.7 Å². The lowest BCUT2D eigenvalue weighted by molar-refractivity contribution is 0.178. The summed E-state index contributed by atoms with van der Waals surface area (Å²) >= 11 is 19.3. The summed E-state index contributed by atoms with van der Waals surface area (Å²) in [6, 6.07) is 0. The smallest absolute Gasteiger partial charge is 0.377 e. The maximum absolute atomic E-state index is 10.3. The van der Waals surface area contributed by atoms with Crippen LogP contribution in [0.4, 0.5) is 4.79 Å². The van der Waals surface area contributed by atoms with E-state index in [9.17, 15) is 4.79 Å². The fourth-order valence-electron chi connectivity index (χ4n) is 0.167. The maximum atomic E-state index is 10.3. The van der Waals surface area contributed by atoms with Crippen LogP contribution in [0.3, 0.4) is 0 Å². The van der Waals surface area contributed by atoms with E-state index in [4.69, 9.17) is 34.8 Å². The van der Waals surface area contributed by atoms with Crippen LogP contribution in [0.15, 0.2) is 0 Å². The minimum Gasteiger partial charge on any atom is -0.452 e. The normalized spacial score (nSPS) is 11.2. The lowest BCUT2D eigenvalue weighted by atomic mass is 10.8. The molecule has 7 heteroatoms. The predicted molar refractivity (Wildman–Crippen MR) is 48.2 cm³/mol. The summed E-state index contributed by atoms with van der Waals surface area (Å²) in [7, 11) is 0.623. The zero-order chi connectivity index (χ0) is 8.20. The van der Waals surface area contributed by atoms with E-state index >= 15 is 0 Å². The van der Waals surface area contributed by atoms with E-state index in [1.165, 1.54) is 0 Å². The van der Waals surface area contributed by atoms with Crippen molar-refractivity contribution in [3.8, 4) is 0 Å². The summed E-state index contributed by atoms with van der Waals surface area (Å²) < 4.78 is 2.86. The van der Waals surface area contributed by atoms with Gasteiger partial charge in [-0.3, -0.25) is 0 Å². The van der Waals surface area contributed by atoms with Crippen molar-refractivity contribution in [2.45, 2.75) is 3.79 Å². The number of carbonyl (C=O) groups is 1. The minimum atomic E-state index is -1.54. The number of alkyl halides is 3. The number of halogens is 3. The number of ether oxygens (including phenoxy) is 1. The van der Waals surface area contributed by atoms with Gasteiger partial charge in [-0.15, -0.1) is 0 Å². The van der Waals surface area contributed by atoms with Gasteiger partial charge in [0.2, 0.25) is 3.79 Å². The topological polar surface area (TPSA) is 26.3 Å². The van der Waals surface area contributed by atoms with Gasteiger partial charge >= 0.3 is 5.30 Å². The number of hydrogen-bond donors (Lipinski definition) is 1. The molecule has 0 N–H and O–H groups in total. The second-order valence-electron chi connectivity index (χ2n) is 1.25. The monoisotopic (exact) mass is 240 g/mol. The zero-order valence-electron chi connectivity index (χ0n) is 4.51. The Morgan fingerprint density at radius 3 is 2.40 bits per heavy atom. The van der Waals surface area contributed by atoms with E-state index in [2.05, 4.69) is 16.4 Å². The molecule has 0 aromatic heterocycles. The average Bonchev–Trinajstić information content (AvgIpc) is 1.81. The second-order valence-corrected chi connectivity index (χ2v) is 4.82. The largest absolute Gasteiger partial charge is 0.452 e. The van der Waals surface area contributed by atoms with E-state index in [1.807, 2.05) is 0 Å². The standard InChI is InChI=1S/C3H3Cl3O2S2/c4-3(5,6)1-8-2(7)10-9/h9H,1H2. The minimum absolute atomic E-state index is 0.260. The van der Waals surface area contributed by atoms with Crippen LogP contribution < -0.4 is 0 Å². The molecule has 0 radical (unpaired) electrons. The van der Waals surface area contributed by atoms with Crippen LogP contribution in [0.2, 0.25) is 0 Å². The third-order valence-corrected chi connectivity index (χ3v) is 1.47. The molecule has 2 nitrogen and oxygen atoms in total. The first-order valence-corrected chi connectivity index (χ1v) is 5.01. The fraction of sp³-hybridized carbons (Fsp3) is 0.667. The van der Waals surface area contributed by atoms with Gasteiger partial charge in [0.1, 0.15) is 6.61 Å². The molecule has 0 heterocycles. The molecule has 0 aromatic rings. The van der Waals surface area contributed by atoms with E-state index in [0.29, 0.717) is 10.8 Å². The summed E-state index contributed by atoms with van der Waals surface area (Å²) in [4.78, 5) is 10.3. The summed E-state index contributed by atoms with van der Waals surface area (Å²) in [5.74, 6) is 0.